The van der Waals surface area contributed by atoms with E-state index in [9.17, 15) is 9.90 Å². The maximum atomic E-state index is 11.5. The highest BCUT2D eigenvalue weighted by molar-refractivity contribution is 6.35. The Morgan fingerprint density at radius 2 is 2.10 bits per heavy atom. The maximum absolute atomic E-state index is 11.5. The Morgan fingerprint density at radius 1 is 1.40 bits per heavy atom. The largest absolute Gasteiger partial charge is 0.449 e. The number of aliphatic hydroxyl groups excluding tert-OH is 1. The summed E-state index contributed by atoms with van der Waals surface area (Å²) in [5.41, 5.74) is 0.805. The zero-order valence-electron chi connectivity index (χ0n) is 11.5. The zero-order chi connectivity index (χ0) is 15.1. The minimum Gasteiger partial charge on any atom is -0.449 e. The number of ether oxygens (including phenoxy) is 1. The van der Waals surface area contributed by atoms with Gasteiger partial charge in [0.25, 0.3) is 0 Å². The van der Waals surface area contributed by atoms with Gasteiger partial charge >= 0.3 is 6.09 Å². The van der Waals surface area contributed by atoms with Gasteiger partial charge in [-0.2, -0.15) is 0 Å². The number of benzene rings is 1. The lowest BCUT2D eigenvalue weighted by molar-refractivity contribution is 0.123. The van der Waals surface area contributed by atoms with Crippen molar-refractivity contribution in [3.8, 4) is 0 Å². The van der Waals surface area contributed by atoms with Gasteiger partial charge in [0.05, 0.1) is 19.3 Å². The summed E-state index contributed by atoms with van der Waals surface area (Å²) < 4.78 is 5.01. The molecule has 6 heteroatoms. The molecule has 1 aromatic rings. The molecule has 1 atom stereocenters. The van der Waals surface area contributed by atoms with Crippen LogP contribution >= 0.6 is 23.2 Å². The minimum atomic E-state index is -0.539. The average Bonchev–Trinajstić information content (AvgIpc) is 2.38. The van der Waals surface area contributed by atoms with Crippen LogP contribution in [0, 0.1) is 5.92 Å². The van der Waals surface area contributed by atoms with E-state index in [-0.39, 0.29) is 12.5 Å². The number of hydrogen-bond acceptors (Lipinski definition) is 3. The molecular weight excluding hydrogens is 301 g/mol. The lowest BCUT2D eigenvalue weighted by atomic mass is 10.1. The summed E-state index contributed by atoms with van der Waals surface area (Å²) in [7, 11) is 0. The second-order valence-electron chi connectivity index (χ2n) is 4.96. The highest BCUT2D eigenvalue weighted by atomic mass is 35.5. The van der Waals surface area contributed by atoms with Gasteiger partial charge in [-0.3, -0.25) is 0 Å². The summed E-state index contributed by atoms with van der Waals surface area (Å²) in [5.74, 6) is 0.263. The Balaban J connectivity index is 2.56. The molecule has 0 spiro atoms. The predicted molar refractivity (Wildman–Crippen MR) is 80.4 cm³/mol. The minimum absolute atomic E-state index is 0.199. The molecule has 0 aliphatic heterocycles. The van der Waals surface area contributed by atoms with Gasteiger partial charge in [-0.05, 0) is 30.0 Å². The van der Waals surface area contributed by atoms with Gasteiger partial charge in [-0.1, -0.05) is 43.1 Å². The van der Waals surface area contributed by atoms with Crippen LogP contribution in [0.3, 0.4) is 0 Å². The first kappa shape index (κ1) is 17.1. The summed E-state index contributed by atoms with van der Waals surface area (Å²) in [5, 5.41) is 13.0. The third-order valence-electron chi connectivity index (χ3n) is 2.57. The summed E-state index contributed by atoms with van der Waals surface area (Å²) >= 11 is 11.9. The topological polar surface area (TPSA) is 58.6 Å². The number of halogens is 2. The highest BCUT2D eigenvalue weighted by Crippen LogP contribution is 2.22. The molecule has 112 valence electrons. The third-order valence-corrected chi connectivity index (χ3v) is 3.16. The van der Waals surface area contributed by atoms with E-state index in [1.165, 1.54) is 0 Å². The first-order valence-corrected chi connectivity index (χ1v) is 7.16. The molecule has 1 amide bonds. The Kier molecular flexibility index (Phi) is 7.13. The van der Waals surface area contributed by atoms with E-state index >= 15 is 0 Å². The van der Waals surface area contributed by atoms with Gasteiger partial charge in [0.2, 0.25) is 0 Å². The molecule has 20 heavy (non-hydrogen) atoms. The van der Waals surface area contributed by atoms with Crippen molar-refractivity contribution in [1.82, 2.24) is 5.32 Å². The number of alkyl carbamates (subject to hydrolysis) is 1. The average molecular weight is 320 g/mol. The van der Waals surface area contributed by atoms with Crippen molar-refractivity contribution in [3.05, 3.63) is 33.8 Å². The summed E-state index contributed by atoms with van der Waals surface area (Å²) in [6, 6.07) is 4.67. The Labute approximate surface area is 129 Å². The number of rotatable bonds is 6. The van der Waals surface area contributed by atoms with E-state index < -0.39 is 12.1 Å². The number of aliphatic hydroxyl groups is 1. The first-order valence-electron chi connectivity index (χ1n) is 6.40. The van der Waals surface area contributed by atoms with Crippen molar-refractivity contribution in [3.63, 3.8) is 0 Å². The molecule has 0 saturated carbocycles. The fourth-order valence-corrected chi connectivity index (χ4v) is 2.05. The normalized spacial score (nSPS) is 12.3. The Morgan fingerprint density at radius 3 is 2.65 bits per heavy atom. The molecule has 0 bridgehead atoms. The van der Waals surface area contributed by atoms with Crippen molar-refractivity contribution in [1.29, 1.82) is 0 Å². The number of nitrogens with one attached hydrogen (secondary N) is 1. The maximum Gasteiger partial charge on any atom is 0.407 e. The van der Waals surface area contributed by atoms with Gasteiger partial charge < -0.3 is 15.2 Å². The number of carbonyl (C=O) groups excluding carboxylic acids is 1. The molecule has 1 aromatic carbocycles. The van der Waals surface area contributed by atoms with Crippen molar-refractivity contribution in [2.75, 3.05) is 13.2 Å². The van der Waals surface area contributed by atoms with Crippen molar-refractivity contribution in [2.24, 2.45) is 5.92 Å². The van der Waals surface area contributed by atoms with Crippen LogP contribution in [0.4, 0.5) is 4.79 Å². The summed E-state index contributed by atoms with van der Waals surface area (Å²) in [4.78, 5) is 11.5. The molecule has 2 N–H and O–H groups in total. The predicted octanol–water partition coefficient (Wildman–Crippen LogP) is 3.28. The van der Waals surface area contributed by atoms with Crippen molar-refractivity contribution >= 4 is 29.3 Å². The van der Waals surface area contributed by atoms with E-state index in [2.05, 4.69) is 5.32 Å². The van der Waals surface area contributed by atoms with Gasteiger partial charge in [0.1, 0.15) is 0 Å². The third kappa shape index (κ3) is 5.99. The highest BCUT2D eigenvalue weighted by Gasteiger charge is 2.15. The summed E-state index contributed by atoms with van der Waals surface area (Å²) in [6.45, 7) is 4.04. The van der Waals surface area contributed by atoms with Gasteiger partial charge in [0, 0.05) is 10.0 Å². The molecule has 0 heterocycles. The Hall–Kier alpha value is -0.970. The standard InChI is InChI=1S/C14H19Cl2NO3/c1-9(2)8-20-14(19)17-12(7-18)5-10-3-4-11(15)6-13(10)16/h3-4,6,9,12,18H,5,7-8H2,1-2H3,(H,17,19)/t12-/m0/s1. The SMILES string of the molecule is CC(C)COC(=O)N[C@H](CO)Cc1ccc(Cl)cc1Cl. The molecule has 0 aliphatic rings. The lowest BCUT2D eigenvalue weighted by Gasteiger charge is -2.17. The van der Waals surface area contributed by atoms with E-state index in [0.29, 0.717) is 23.1 Å². The second kappa shape index (κ2) is 8.35. The molecule has 4 nitrogen and oxygen atoms in total. The molecule has 0 aromatic heterocycles. The second-order valence-corrected chi connectivity index (χ2v) is 5.80. The van der Waals surface area contributed by atoms with E-state index in [4.69, 9.17) is 27.9 Å². The smallest absolute Gasteiger partial charge is 0.407 e. The quantitative estimate of drug-likeness (QED) is 0.846. The number of carbonyl (C=O) groups is 1. The molecule has 1 rings (SSSR count). The van der Waals surface area contributed by atoms with Gasteiger partial charge in [-0.15, -0.1) is 0 Å². The van der Waals surface area contributed by atoms with Crippen molar-refractivity contribution < 1.29 is 14.6 Å². The van der Waals surface area contributed by atoms with Gasteiger partial charge in [-0.25, -0.2) is 4.79 Å². The zero-order valence-corrected chi connectivity index (χ0v) is 13.0. The van der Waals surface area contributed by atoms with Crippen molar-refractivity contribution in [2.45, 2.75) is 26.3 Å². The summed E-state index contributed by atoms with van der Waals surface area (Å²) in [6.07, 6.45) is -0.133. The number of hydrogen-bond donors (Lipinski definition) is 2. The van der Waals surface area contributed by atoms with Crippen LogP contribution in [0.15, 0.2) is 18.2 Å². The molecule has 0 unspecified atom stereocenters. The van der Waals surface area contributed by atoms with E-state index in [0.717, 1.165) is 5.56 Å². The van der Waals surface area contributed by atoms with Gasteiger partial charge in [0.15, 0.2) is 0 Å². The fraction of sp³-hybridized carbons (Fsp3) is 0.500. The lowest BCUT2D eigenvalue weighted by Crippen LogP contribution is -2.39. The Bertz CT molecular complexity index is 452. The molecule has 0 radical (unpaired) electrons. The van der Waals surface area contributed by atoms with Crippen LogP contribution in [-0.4, -0.2) is 30.5 Å². The van der Waals surface area contributed by atoms with Crippen LogP contribution in [0.5, 0.6) is 0 Å². The molecular formula is C14H19Cl2NO3. The first-order chi connectivity index (χ1) is 9.42. The van der Waals surface area contributed by atoms with Crippen LogP contribution in [0.1, 0.15) is 19.4 Å². The van der Waals surface area contributed by atoms with Crippen LogP contribution in [0.25, 0.3) is 0 Å². The van der Waals surface area contributed by atoms with E-state index in [1.807, 2.05) is 13.8 Å². The monoisotopic (exact) mass is 319 g/mol. The fourth-order valence-electron chi connectivity index (χ4n) is 1.56. The number of amides is 1. The van der Waals surface area contributed by atoms with Crippen LogP contribution in [-0.2, 0) is 11.2 Å². The van der Waals surface area contributed by atoms with Crippen LogP contribution in [0.2, 0.25) is 10.0 Å². The molecule has 0 fully saturated rings. The molecule has 0 aliphatic carbocycles. The van der Waals surface area contributed by atoms with Crippen LogP contribution < -0.4 is 5.32 Å². The molecule has 0 saturated heterocycles. The van der Waals surface area contributed by atoms with E-state index in [1.54, 1.807) is 18.2 Å².